The van der Waals surface area contributed by atoms with Gasteiger partial charge in [-0.3, -0.25) is 14.9 Å². The summed E-state index contributed by atoms with van der Waals surface area (Å²) in [4.78, 5) is 28.9. The summed E-state index contributed by atoms with van der Waals surface area (Å²) in [5.41, 5.74) is -1.11. The number of hydrogen-bond acceptors (Lipinski definition) is 6. The molecule has 0 radical (unpaired) electrons. The molecule has 0 saturated carbocycles. The number of carbonyl (C=O) groups is 1. The third-order valence-electron chi connectivity index (χ3n) is 6.98. The molecule has 2 aromatic carbocycles. The number of nitro groups is 1. The fraction of sp³-hybridized carbons (Fsp3) is 0.500. The van der Waals surface area contributed by atoms with Crippen molar-refractivity contribution in [3.05, 3.63) is 62.1 Å². The van der Waals surface area contributed by atoms with E-state index in [-0.39, 0.29) is 25.1 Å². The van der Waals surface area contributed by atoms with Gasteiger partial charge in [-0.05, 0) is 43.2 Å². The number of hydrogen-bond donors (Lipinski definition) is 1. The highest BCUT2D eigenvalue weighted by molar-refractivity contribution is 6.36. The molecule has 2 aliphatic heterocycles. The van der Waals surface area contributed by atoms with E-state index < -0.39 is 22.4 Å². The Kier molecular flexibility index (Phi) is 10.3. The van der Waals surface area contributed by atoms with Crippen molar-refractivity contribution in [2.24, 2.45) is 0 Å². The maximum absolute atomic E-state index is 13.2. The second-order valence-electron chi connectivity index (χ2n) is 9.46. The topological polar surface area (TPSA) is 82.0 Å². The molecule has 0 bridgehead atoms. The van der Waals surface area contributed by atoms with Gasteiger partial charge in [0, 0.05) is 75.1 Å². The minimum absolute atomic E-state index is 0. The van der Waals surface area contributed by atoms with Crippen molar-refractivity contribution in [2.45, 2.75) is 38.9 Å². The average Bonchev–Trinajstić information content (AvgIpc) is 2.87. The Balaban J connectivity index is 0.00000420. The van der Waals surface area contributed by atoms with E-state index in [0.717, 1.165) is 17.8 Å². The number of benzene rings is 2. The average molecular weight is 590 g/mol. The van der Waals surface area contributed by atoms with Gasteiger partial charge >= 0.3 is 6.18 Å². The van der Waals surface area contributed by atoms with Crippen molar-refractivity contribution in [3.8, 4) is 0 Å². The number of carbonyl (C=O) groups excluding carboxylic acids is 1. The molecule has 1 amide bonds. The van der Waals surface area contributed by atoms with E-state index in [9.17, 15) is 28.1 Å². The molecule has 214 valence electrons. The lowest BCUT2D eigenvalue weighted by Crippen LogP contribution is -2.49. The van der Waals surface area contributed by atoms with Crippen molar-refractivity contribution < 1.29 is 22.9 Å². The predicted molar refractivity (Wildman–Crippen MR) is 148 cm³/mol. The number of piperazine rings is 1. The van der Waals surface area contributed by atoms with Gasteiger partial charge in [-0.15, -0.1) is 0 Å². The van der Waals surface area contributed by atoms with Crippen molar-refractivity contribution in [3.63, 3.8) is 0 Å². The monoisotopic (exact) mass is 589 g/mol. The Morgan fingerprint density at radius 2 is 1.69 bits per heavy atom. The summed E-state index contributed by atoms with van der Waals surface area (Å²) in [5, 5.41) is 15.2. The number of nitrogens with zero attached hydrogens (tertiary/aromatic N) is 4. The zero-order chi connectivity index (χ0) is 27.4. The van der Waals surface area contributed by atoms with Crippen LogP contribution in [0.1, 0.15) is 32.3 Å². The summed E-state index contributed by atoms with van der Waals surface area (Å²) in [6.07, 6.45) is -3.04. The van der Waals surface area contributed by atoms with Crippen LogP contribution >= 0.6 is 23.2 Å². The Labute approximate surface area is 235 Å². The normalized spacial score (nSPS) is 17.1. The van der Waals surface area contributed by atoms with E-state index in [1.165, 1.54) is 6.07 Å². The summed E-state index contributed by atoms with van der Waals surface area (Å²) in [5.74, 6) is 0.0951. The number of halogens is 5. The van der Waals surface area contributed by atoms with E-state index in [1.54, 1.807) is 12.1 Å². The van der Waals surface area contributed by atoms with Gasteiger partial charge in [-0.2, -0.15) is 13.2 Å². The molecule has 0 unspecified atom stereocenters. The van der Waals surface area contributed by atoms with Gasteiger partial charge in [-0.25, -0.2) is 0 Å². The smallest absolute Gasteiger partial charge is 0.382 e. The molecular weight excluding hydrogens is 558 g/mol. The third-order valence-corrected chi connectivity index (χ3v) is 7.52. The quantitative estimate of drug-likeness (QED) is 0.307. The summed E-state index contributed by atoms with van der Waals surface area (Å²) in [7, 11) is 0. The number of nitro benzene ring substituents is 1. The summed E-state index contributed by atoms with van der Waals surface area (Å²) >= 11 is 12.3. The second-order valence-corrected chi connectivity index (χ2v) is 10.3. The van der Waals surface area contributed by atoms with Crippen LogP contribution < -0.4 is 10.2 Å². The molecule has 2 heterocycles. The van der Waals surface area contributed by atoms with Crippen LogP contribution in [0.4, 0.5) is 30.2 Å². The maximum Gasteiger partial charge on any atom is 0.423 e. The van der Waals surface area contributed by atoms with E-state index in [1.807, 2.05) is 11.0 Å². The third kappa shape index (κ3) is 7.89. The molecule has 1 N–H and O–H groups in total. The number of anilines is 2. The van der Waals surface area contributed by atoms with Crippen LogP contribution in [0.25, 0.3) is 0 Å². The van der Waals surface area contributed by atoms with E-state index >= 15 is 0 Å². The molecular formula is C26H32Cl2F3N5O3. The Hall–Kier alpha value is -2.76. The van der Waals surface area contributed by atoms with Gasteiger partial charge in [0.2, 0.25) is 5.91 Å². The highest BCUT2D eigenvalue weighted by Crippen LogP contribution is 2.38. The Morgan fingerprint density at radius 1 is 1.03 bits per heavy atom. The molecule has 2 aliphatic rings. The van der Waals surface area contributed by atoms with Crippen LogP contribution in [-0.4, -0.2) is 72.5 Å². The number of piperidine rings is 1. The lowest BCUT2D eigenvalue weighted by molar-refractivity contribution is -0.388. The van der Waals surface area contributed by atoms with Crippen LogP contribution in [0.3, 0.4) is 0 Å². The number of likely N-dealkylation sites (tertiary alicyclic amines) is 1. The minimum atomic E-state index is -4.81. The summed E-state index contributed by atoms with van der Waals surface area (Å²) < 4.78 is 39.7. The SMILES string of the molecule is C.O=C(CCN1CCC(Nc2ccc([N+](=O)[O-])c(C(F)(F)F)c2)CC1)N1CCN(c2ccc(Cl)cc2Cl)CC1. The van der Waals surface area contributed by atoms with Gasteiger partial charge < -0.3 is 20.0 Å². The van der Waals surface area contributed by atoms with Crippen LogP contribution in [0.2, 0.25) is 10.0 Å². The highest BCUT2D eigenvalue weighted by atomic mass is 35.5. The van der Waals surface area contributed by atoms with Crippen LogP contribution in [0.15, 0.2) is 36.4 Å². The molecule has 4 rings (SSSR count). The molecule has 39 heavy (non-hydrogen) atoms. The first-order valence-electron chi connectivity index (χ1n) is 12.3. The van der Waals surface area contributed by atoms with Crippen LogP contribution in [0, 0.1) is 10.1 Å². The maximum atomic E-state index is 13.2. The summed E-state index contributed by atoms with van der Waals surface area (Å²) in [6, 6.07) is 8.32. The van der Waals surface area contributed by atoms with Crippen molar-refractivity contribution in [1.29, 1.82) is 0 Å². The highest BCUT2D eigenvalue weighted by Gasteiger charge is 2.38. The lowest BCUT2D eigenvalue weighted by atomic mass is 10.0. The van der Waals surface area contributed by atoms with Gasteiger partial charge in [0.25, 0.3) is 5.69 Å². The van der Waals surface area contributed by atoms with E-state index in [4.69, 9.17) is 23.2 Å². The number of amides is 1. The number of nitrogens with one attached hydrogen (secondary N) is 1. The number of alkyl halides is 3. The van der Waals surface area contributed by atoms with Gasteiger partial charge in [0.15, 0.2) is 0 Å². The molecule has 0 atom stereocenters. The standard InChI is InChI=1S/C25H28Cl2F3N5O3.CH4/c26-17-1-3-23(21(27)15-17)33-11-13-34(14-12-33)24(36)7-10-32-8-5-18(6-9-32)31-19-2-4-22(35(37)38)20(16-19)25(28,29)30;/h1-4,15-16,18,31H,5-14H2;1H4. The first kappa shape index (κ1) is 30.8. The molecule has 0 aliphatic carbocycles. The fourth-order valence-electron chi connectivity index (χ4n) is 4.90. The molecule has 2 aromatic rings. The van der Waals surface area contributed by atoms with Crippen molar-refractivity contribution in [2.75, 3.05) is 56.0 Å². The van der Waals surface area contributed by atoms with Crippen LogP contribution in [-0.2, 0) is 11.0 Å². The predicted octanol–water partition coefficient (Wildman–Crippen LogP) is 6.17. The van der Waals surface area contributed by atoms with Crippen molar-refractivity contribution >= 4 is 46.2 Å². The van der Waals surface area contributed by atoms with Gasteiger partial charge in [0.05, 0.1) is 15.6 Å². The molecule has 2 fully saturated rings. The zero-order valence-corrected chi connectivity index (χ0v) is 22.0. The van der Waals surface area contributed by atoms with Crippen LogP contribution in [0.5, 0.6) is 0 Å². The number of rotatable bonds is 7. The fourth-order valence-corrected chi connectivity index (χ4v) is 5.42. The zero-order valence-electron chi connectivity index (χ0n) is 20.5. The molecule has 0 aromatic heterocycles. The minimum Gasteiger partial charge on any atom is -0.382 e. The Morgan fingerprint density at radius 3 is 2.28 bits per heavy atom. The molecule has 13 heteroatoms. The van der Waals surface area contributed by atoms with Gasteiger partial charge in [0.1, 0.15) is 5.56 Å². The lowest BCUT2D eigenvalue weighted by Gasteiger charge is -2.37. The largest absolute Gasteiger partial charge is 0.423 e. The first-order valence-corrected chi connectivity index (χ1v) is 13.1. The second kappa shape index (κ2) is 13.1. The first-order chi connectivity index (χ1) is 18.0. The molecule has 2 saturated heterocycles. The van der Waals surface area contributed by atoms with E-state index in [2.05, 4.69) is 15.1 Å². The summed E-state index contributed by atoms with van der Waals surface area (Å²) in [6.45, 7) is 4.61. The molecule has 8 nitrogen and oxygen atoms in total. The van der Waals surface area contributed by atoms with Crippen molar-refractivity contribution in [1.82, 2.24) is 9.80 Å². The van der Waals surface area contributed by atoms with Gasteiger partial charge in [-0.1, -0.05) is 30.6 Å². The molecule has 0 spiro atoms. The Bertz CT molecular complexity index is 1170. The van der Waals surface area contributed by atoms with E-state index in [0.29, 0.717) is 75.1 Å².